The molecule has 0 radical (unpaired) electrons. The molecule has 1 rings (SSSR count). The predicted octanol–water partition coefficient (Wildman–Crippen LogP) is 8.10. The molecule has 0 aliphatic heterocycles. The molecule has 0 saturated heterocycles. The van der Waals surface area contributed by atoms with Crippen molar-refractivity contribution in [2.24, 2.45) is 0 Å². The molecule has 0 aliphatic carbocycles. The first-order chi connectivity index (χ1) is 14.3. The summed E-state index contributed by atoms with van der Waals surface area (Å²) in [5.74, 6) is 0.591. The lowest BCUT2D eigenvalue weighted by atomic mass is 10.1. The van der Waals surface area contributed by atoms with Gasteiger partial charge in [0.25, 0.3) is 0 Å². The number of hydrogen-bond acceptors (Lipinski definition) is 3. The van der Waals surface area contributed by atoms with Gasteiger partial charge >= 0.3 is 5.97 Å². The van der Waals surface area contributed by atoms with Crippen LogP contribution in [0.4, 0.5) is 0 Å². The van der Waals surface area contributed by atoms with Crippen LogP contribution in [-0.2, 0) is 4.74 Å². The fraction of sp³-hybridized carbons (Fsp3) is 0.720. The van der Waals surface area contributed by atoms with E-state index in [1.807, 2.05) is 12.1 Å². The number of halogens is 1. The number of esters is 1. The molecule has 0 bridgehead atoms. The van der Waals surface area contributed by atoms with Crippen molar-refractivity contribution >= 4 is 21.9 Å². The second kappa shape index (κ2) is 19.0. The van der Waals surface area contributed by atoms with E-state index < -0.39 is 0 Å². The Morgan fingerprint density at radius 3 is 1.83 bits per heavy atom. The highest BCUT2D eigenvalue weighted by Crippen LogP contribution is 2.15. The van der Waals surface area contributed by atoms with Gasteiger partial charge in [-0.25, -0.2) is 4.79 Å². The van der Waals surface area contributed by atoms with Gasteiger partial charge in [-0.2, -0.15) is 0 Å². The van der Waals surface area contributed by atoms with Gasteiger partial charge in [-0.15, -0.1) is 0 Å². The van der Waals surface area contributed by atoms with Gasteiger partial charge in [-0.3, -0.25) is 0 Å². The van der Waals surface area contributed by atoms with E-state index in [0.717, 1.165) is 36.9 Å². The van der Waals surface area contributed by atoms with E-state index in [9.17, 15) is 4.79 Å². The predicted molar refractivity (Wildman–Crippen MR) is 126 cm³/mol. The van der Waals surface area contributed by atoms with Gasteiger partial charge in [0.1, 0.15) is 5.75 Å². The van der Waals surface area contributed by atoms with Gasteiger partial charge in [0.15, 0.2) is 0 Å². The maximum absolute atomic E-state index is 12.1. The maximum Gasteiger partial charge on any atom is 0.338 e. The lowest BCUT2D eigenvalue weighted by Gasteiger charge is -2.08. The number of ether oxygens (including phenoxy) is 2. The number of carbonyl (C=O) groups excluding carboxylic acids is 1. The molecule has 166 valence electrons. The van der Waals surface area contributed by atoms with Gasteiger partial charge in [-0.05, 0) is 43.5 Å². The molecular weight excluding hydrogens is 428 g/mol. The van der Waals surface area contributed by atoms with Crippen LogP contribution in [0.3, 0.4) is 0 Å². The third kappa shape index (κ3) is 14.6. The van der Waals surface area contributed by atoms with Crippen LogP contribution < -0.4 is 4.74 Å². The largest absolute Gasteiger partial charge is 0.494 e. The molecule has 0 aliphatic rings. The molecule has 0 N–H and O–H groups in total. The van der Waals surface area contributed by atoms with Crippen LogP contribution in [0.5, 0.6) is 5.75 Å². The van der Waals surface area contributed by atoms with Crippen LogP contribution in [0, 0.1) is 0 Å². The summed E-state index contributed by atoms with van der Waals surface area (Å²) in [5, 5.41) is 1.11. The Morgan fingerprint density at radius 2 is 1.24 bits per heavy atom. The number of benzene rings is 1. The highest BCUT2D eigenvalue weighted by Gasteiger charge is 2.07. The molecule has 1 aromatic rings. The minimum atomic E-state index is -0.235. The van der Waals surface area contributed by atoms with Crippen LogP contribution in [-0.4, -0.2) is 24.5 Å². The lowest BCUT2D eigenvalue weighted by molar-refractivity contribution is 0.0497. The van der Waals surface area contributed by atoms with Crippen molar-refractivity contribution in [3.8, 4) is 5.75 Å². The highest BCUT2D eigenvalue weighted by molar-refractivity contribution is 9.09. The minimum Gasteiger partial charge on any atom is -0.494 e. The monoisotopic (exact) mass is 468 g/mol. The number of unbranched alkanes of at least 4 members (excludes halogenated alkanes) is 12. The van der Waals surface area contributed by atoms with Crippen molar-refractivity contribution in [1.29, 1.82) is 0 Å². The fourth-order valence-electron chi connectivity index (χ4n) is 3.27. The number of rotatable bonds is 19. The van der Waals surface area contributed by atoms with Crippen LogP contribution in [0.1, 0.15) is 107 Å². The fourth-order valence-corrected chi connectivity index (χ4v) is 3.66. The molecule has 0 fully saturated rings. The van der Waals surface area contributed by atoms with E-state index in [1.54, 1.807) is 12.1 Å². The SMILES string of the molecule is CCCCCCCCCOc1ccc(C(=O)OCCCCCCCCCBr)cc1. The molecular formula is C25H41BrO3. The Hall–Kier alpha value is -1.03. The zero-order valence-electron chi connectivity index (χ0n) is 18.4. The minimum absolute atomic E-state index is 0.235. The molecule has 1 aromatic carbocycles. The highest BCUT2D eigenvalue weighted by atomic mass is 79.9. The molecule has 0 heterocycles. The molecule has 0 atom stereocenters. The molecule has 29 heavy (non-hydrogen) atoms. The van der Waals surface area contributed by atoms with Crippen molar-refractivity contribution in [1.82, 2.24) is 0 Å². The Morgan fingerprint density at radius 1 is 0.724 bits per heavy atom. The molecule has 0 amide bonds. The summed E-state index contributed by atoms with van der Waals surface area (Å²) >= 11 is 3.46. The normalized spacial score (nSPS) is 10.8. The average Bonchev–Trinajstić information content (AvgIpc) is 2.74. The Balaban J connectivity index is 2.05. The Bertz CT molecular complexity index is 501. The summed E-state index contributed by atoms with van der Waals surface area (Å²) in [7, 11) is 0. The van der Waals surface area contributed by atoms with Gasteiger partial charge in [0.2, 0.25) is 0 Å². The van der Waals surface area contributed by atoms with E-state index in [0.29, 0.717) is 12.2 Å². The van der Waals surface area contributed by atoms with Gasteiger partial charge in [0.05, 0.1) is 18.8 Å². The Kier molecular flexibility index (Phi) is 17.0. The van der Waals surface area contributed by atoms with E-state index in [4.69, 9.17) is 9.47 Å². The second-order valence-electron chi connectivity index (χ2n) is 7.79. The van der Waals surface area contributed by atoms with Crippen LogP contribution in [0.25, 0.3) is 0 Å². The van der Waals surface area contributed by atoms with Crippen molar-refractivity contribution in [2.75, 3.05) is 18.5 Å². The summed E-state index contributed by atoms with van der Waals surface area (Å²) in [6.45, 7) is 3.50. The van der Waals surface area contributed by atoms with E-state index in [-0.39, 0.29) is 5.97 Å². The van der Waals surface area contributed by atoms with Crippen molar-refractivity contribution in [3.05, 3.63) is 29.8 Å². The number of hydrogen-bond donors (Lipinski definition) is 0. The molecule has 0 spiro atoms. The first kappa shape index (κ1) is 26.0. The van der Waals surface area contributed by atoms with Crippen molar-refractivity contribution in [2.45, 2.75) is 96.8 Å². The van der Waals surface area contributed by atoms with Crippen molar-refractivity contribution < 1.29 is 14.3 Å². The average molecular weight is 470 g/mol. The number of alkyl halides is 1. The second-order valence-corrected chi connectivity index (χ2v) is 8.59. The van der Waals surface area contributed by atoms with E-state index in [2.05, 4.69) is 22.9 Å². The van der Waals surface area contributed by atoms with E-state index in [1.165, 1.54) is 70.6 Å². The molecule has 0 aromatic heterocycles. The summed E-state index contributed by atoms with van der Waals surface area (Å²) in [5.41, 5.74) is 0.600. The smallest absolute Gasteiger partial charge is 0.338 e. The summed E-state index contributed by atoms with van der Waals surface area (Å²) in [6.07, 6.45) is 17.4. The standard InChI is InChI=1S/C25H41BrO3/c1-2-3-4-5-8-11-14-21-28-24-18-16-23(17-19-24)25(27)29-22-15-12-9-6-7-10-13-20-26/h16-19H,2-15,20-22H2,1H3. The summed E-state index contributed by atoms with van der Waals surface area (Å²) in [6, 6.07) is 7.33. The maximum atomic E-state index is 12.1. The van der Waals surface area contributed by atoms with Crippen LogP contribution >= 0.6 is 15.9 Å². The molecule has 0 unspecified atom stereocenters. The zero-order chi connectivity index (χ0) is 21.0. The third-order valence-corrected chi connectivity index (χ3v) is 5.68. The van der Waals surface area contributed by atoms with E-state index >= 15 is 0 Å². The van der Waals surface area contributed by atoms with Crippen LogP contribution in [0.2, 0.25) is 0 Å². The summed E-state index contributed by atoms with van der Waals surface area (Å²) < 4.78 is 11.2. The summed E-state index contributed by atoms with van der Waals surface area (Å²) in [4.78, 5) is 12.1. The number of carbonyl (C=O) groups is 1. The van der Waals surface area contributed by atoms with Gasteiger partial charge in [0, 0.05) is 5.33 Å². The Labute approximate surface area is 187 Å². The van der Waals surface area contributed by atoms with Gasteiger partial charge < -0.3 is 9.47 Å². The first-order valence-corrected chi connectivity index (χ1v) is 12.9. The molecule has 0 saturated carbocycles. The molecule has 3 nitrogen and oxygen atoms in total. The third-order valence-electron chi connectivity index (χ3n) is 5.12. The van der Waals surface area contributed by atoms with Gasteiger partial charge in [-0.1, -0.05) is 93.5 Å². The first-order valence-electron chi connectivity index (χ1n) is 11.7. The van der Waals surface area contributed by atoms with Crippen molar-refractivity contribution in [3.63, 3.8) is 0 Å². The lowest BCUT2D eigenvalue weighted by Crippen LogP contribution is -2.06. The van der Waals surface area contributed by atoms with Crippen LogP contribution in [0.15, 0.2) is 24.3 Å². The quantitative estimate of drug-likeness (QED) is 0.117. The molecule has 4 heteroatoms. The zero-order valence-corrected chi connectivity index (χ0v) is 20.0. The topological polar surface area (TPSA) is 35.5 Å².